The third-order valence-electron chi connectivity index (χ3n) is 2.36. The summed E-state index contributed by atoms with van der Waals surface area (Å²) in [5.74, 6) is -0.304. The van der Waals surface area contributed by atoms with E-state index in [4.69, 9.17) is 4.84 Å². The lowest BCUT2D eigenvalue weighted by atomic mass is 9.91. The molecule has 0 fully saturated rings. The van der Waals surface area contributed by atoms with Crippen molar-refractivity contribution in [1.29, 1.82) is 0 Å². The van der Waals surface area contributed by atoms with E-state index in [0.717, 1.165) is 4.73 Å². The number of carbonyl (C=O) groups is 2. The van der Waals surface area contributed by atoms with Crippen LogP contribution < -0.4 is 4.84 Å². The highest BCUT2D eigenvalue weighted by molar-refractivity contribution is 5.76. The van der Waals surface area contributed by atoms with Crippen molar-refractivity contribution < 1.29 is 14.4 Å². The Morgan fingerprint density at radius 3 is 2.87 bits per heavy atom. The topological polar surface area (TPSA) is 61.2 Å². The second kappa shape index (κ2) is 4.25. The molecule has 0 saturated carbocycles. The zero-order valence-electron chi connectivity index (χ0n) is 9.06. The fourth-order valence-electron chi connectivity index (χ4n) is 0.820. The average Bonchev–Trinajstić information content (AvgIpc) is 2.65. The smallest absolute Gasteiger partial charge is 0.334 e. The van der Waals surface area contributed by atoms with Crippen LogP contribution in [0.2, 0.25) is 0 Å². The molecule has 82 valence electrons. The van der Waals surface area contributed by atoms with E-state index in [0.29, 0.717) is 12.7 Å². The van der Waals surface area contributed by atoms with Crippen LogP contribution in [0.5, 0.6) is 0 Å². The molecule has 0 N–H and O–H groups in total. The van der Waals surface area contributed by atoms with E-state index >= 15 is 0 Å². The molecule has 0 atom stereocenters. The van der Waals surface area contributed by atoms with Gasteiger partial charge in [0.05, 0.1) is 11.6 Å². The highest BCUT2D eigenvalue weighted by Crippen LogP contribution is 2.20. The Labute approximate surface area is 88.0 Å². The molecular weight excluding hydrogens is 196 g/mol. The Morgan fingerprint density at radius 1 is 1.67 bits per heavy atom. The van der Waals surface area contributed by atoms with Crippen LogP contribution >= 0.6 is 0 Å². The molecule has 1 heterocycles. The lowest BCUT2D eigenvalue weighted by Crippen LogP contribution is -2.33. The van der Waals surface area contributed by atoms with Crippen molar-refractivity contribution in [2.24, 2.45) is 5.41 Å². The Bertz CT molecular complexity index is 368. The van der Waals surface area contributed by atoms with Gasteiger partial charge in [0.1, 0.15) is 0 Å². The van der Waals surface area contributed by atoms with Crippen LogP contribution in [0.25, 0.3) is 0 Å². The summed E-state index contributed by atoms with van der Waals surface area (Å²) in [6.07, 6.45) is 4.02. The maximum absolute atomic E-state index is 11.6. The molecule has 1 aromatic rings. The molecule has 0 saturated heterocycles. The van der Waals surface area contributed by atoms with Gasteiger partial charge in [-0.1, -0.05) is 6.92 Å². The average molecular weight is 210 g/mol. The quantitative estimate of drug-likeness (QED) is 0.698. The van der Waals surface area contributed by atoms with E-state index in [1.165, 1.54) is 12.4 Å². The predicted octanol–water partition coefficient (Wildman–Crippen LogP) is 1.09. The van der Waals surface area contributed by atoms with Gasteiger partial charge in [-0.05, 0) is 20.3 Å². The molecule has 5 heteroatoms. The molecular formula is C10H14N2O3. The van der Waals surface area contributed by atoms with Crippen molar-refractivity contribution in [1.82, 2.24) is 9.71 Å². The fourth-order valence-corrected chi connectivity index (χ4v) is 0.820. The molecule has 0 radical (unpaired) electrons. The van der Waals surface area contributed by atoms with Crippen LogP contribution in [0.1, 0.15) is 37.8 Å². The first-order valence-corrected chi connectivity index (χ1v) is 4.72. The molecule has 0 unspecified atom stereocenters. The molecule has 1 rings (SSSR count). The molecule has 0 spiro atoms. The van der Waals surface area contributed by atoms with Gasteiger partial charge in [0.15, 0.2) is 6.29 Å². The van der Waals surface area contributed by atoms with Gasteiger partial charge in [-0.2, -0.15) is 4.73 Å². The summed E-state index contributed by atoms with van der Waals surface area (Å²) in [6, 6.07) is 0. The summed E-state index contributed by atoms with van der Waals surface area (Å²) in [6.45, 7) is 5.47. The minimum Gasteiger partial charge on any atom is -0.334 e. The van der Waals surface area contributed by atoms with Gasteiger partial charge in [0.25, 0.3) is 0 Å². The molecule has 15 heavy (non-hydrogen) atoms. The third-order valence-corrected chi connectivity index (χ3v) is 2.36. The molecule has 0 amide bonds. The van der Waals surface area contributed by atoms with Crippen molar-refractivity contribution >= 4 is 12.3 Å². The molecule has 0 aliphatic carbocycles. The monoisotopic (exact) mass is 210 g/mol. The molecule has 0 aliphatic rings. The molecule has 5 nitrogen and oxygen atoms in total. The van der Waals surface area contributed by atoms with Crippen molar-refractivity contribution in [3.8, 4) is 0 Å². The summed E-state index contributed by atoms with van der Waals surface area (Å²) in [5, 5.41) is 0. The first kappa shape index (κ1) is 11.4. The van der Waals surface area contributed by atoms with E-state index in [-0.39, 0.29) is 11.8 Å². The Morgan fingerprint density at radius 2 is 2.33 bits per heavy atom. The summed E-state index contributed by atoms with van der Waals surface area (Å²) in [7, 11) is 0. The molecule has 0 bridgehead atoms. The van der Waals surface area contributed by atoms with Crippen LogP contribution in [-0.2, 0) is 4.79 Å². The summed E-state index contributed by atoms with van der Waals surface area (Å²) >= 11 is 0. The fraction of sp³-hybridized carbons (Fsp3) is 0.500. The van der Waals surface area contributed by atoms with Crippen LogP contribution in [0.3, 0.4) is 0 Å². The normalized spacial score (nSPS) is 11.1. The van der Waals surface area contributed by atoms with Gasteiger partial charge in [-0.15, -0.1) is 0 Å². The van der Waals surface area contributed by atoms with E-state index in [1.807, 2.05) is 6.92 Å². The number of aldehydes is 1. The Balaban J connectivity index is 2.79. The van der Waals surface area contributed by atoms with Crippen molar-refractivity contribution in [2.45, 2.75) is 27.2 Å². The Kier molecular flexibility index (Phi) is 3.24. The van der Waals surface area contributed by atoms with Crippen LogP contribution in [-0.4, -0.2) is 22.0 Å². The number of hydrogen-bond acceptors (Lipinski definition) is 4. The number of carbonyl (C=O) groups excluding carboxylic acids is 2. The van der Waals surface area contributed by atoms with E-state index in [1.54, 1.807) is 13.8 Å². The van der Waals surface area contributed by atoms with Gasteiger partial charge in [-0.3, -0.25) is 4.79 Å². The van der Waals surface area contributed by atoms with Gasteiger partial charge in [0, 0.05) is 6.20 Å². The Hall–Kier alpha value is -1.65. The largest absolute Gasteiger partial charge is 0.338 e. The van der Waals surface area contributed by atoms with Gasteiger partial charge in [-0.25, -0.2) is 9.78 Å². The standard InChI is InChI=1S/C10H14N2O3/c1-4-10(2,3)9(14)15-12-6-5-11-8(12)7-13/h5-7H,4H2,1-3H3. The van der Waals surface area contributed by atoms with Gasteiger partial charge in [0.2, 0.25) is 5.82 Å². The summed E-state index contributed by atoms with van der Waals surface area (Å²) in [4.78, 5) is 30.9. The number of hydrogen-bond donors (Lipinski definition) is 0. The van der Waals surface area contributed by atoms with Crippen LogP contribution in [0.4, 0.5) is 0 Å². The van der Waals surface area contributed by atoms with Crippen molar-refractivity contribution in [3.63, 3.8) is 0 Å². The number of imidazole rings is 1. The number of nitrogens with zero attached hydrogens (tertiary/aromatic N) is 2. The first-order chi connectivity index (χ1) is 7.01. The molecule has 1 aromatic heterocycles. The summed E-state index contributed by atoms with van der Waals surface area (Å²) < 4.78 is 1.08. The second-order valence-electron chi connectivity index (χ2n) is 3.85. The zero-order chi connectivity index (χ0) is 11.5. The van der Waals surface area contributed by atoms with Gasteiger partial charge >= 0.3 is 5.97 Å². The number of rotatable bonds is 4. The predicted molar refractivity (Wildman–Crippen MR) is 53.3 cm³/mol. The van der Waals surface area contributed by atoms with Crippen LogP contribution in [0, 0.1) is 5.41 Å². The second-order valence-corrected chi connectivity index (χ2v) is 3.85. The molecule has 0 aromatic carbocycles. The van der Waals surface area contributed by atoms with E-state index < -0.39 is 5.41 Å². The third kappa shape index (κ3) is 2.43. The minimum absolute atomic E-state index is 0.0789. The first-order valence-electron chi connectivity index (χ1n) is 4.72. The van der Waals surface area contributed by atoms with E-state index in [9.17, 15) is 9.59 Å². The van der Waals surface area contributed by atoms with Crippen molar-refractivity contribution in [2.75, 3.05) is 0 Å². The van der Waals surface area contributed by atoms with Gasteiger partial charge < -0.3 is 4.84 Å². The lowest BCUT2D eigenvalue weighted by molar-refractivity contribution is -0.154. The minimum atomic E-state index is -0.565. The van der Waals surface area contributed by atoms with Crippen LogP contribution in [0.15, 0.2) is 12.4 Å². The lowest BCUT2D eigenvalue weighted by Gasteiger charge is -2.19. The highest BCUT2D eigenvalue weighted by atomic mass is 16.7. The van der Waals surface area contributed by atoms with E-state index in [2.05, 4.69) is 4.98 Å². The SMILES string of the molecule is CCC(C)(C)C(=O)On1ccnc1C=O. The summed E-state index contributed by atoms with van der Waals surface area (Å²) in [5.41, 5.74) is -0.565. The number of aromatic nitrogens is 2. The van der Waals surface area contributed by atoms with Crippen molar-refractivity contribution in [3.05, 3.63) is 18.2 Å². The zero-order valence-corrected chi connectivity index (χ0v) is 9.06. The maximum atomic E-state index is 11.6. The highest BCUT2D eigenvalue weighted by Gasteiger charge is 2.28. The maximum Gasteiger partial charge on any atom is 0.338 e. The molecule has 0 aliphatic heterocycles.